The van der Waals surface area contributed by atoms with E-state index in [4.69, 9.17) is 14.0 Å². The van der Waals surface area contributed by atoms with E-state index in [-0.39, 0.29) is 46.4 Å². The van der Waals surface area contributed by atoms with Gasteiger partial charge in [-0.25, -0.2) is 4.39 Å². The van der Waals surface area contributed by atoms with Crippen molar-refractivity contribution in [1.82, 2.24) is 5.16 Å². The number of benzene rings is 3. The molecule has 1 N–H and O–H groups in total. The lowest BCUT2D eigenvalue weighted by molar-refractivity contribution is -0.142. The maximum atomic E-state index is 13.6. The van der Waals surface area contributed by atoms with Crippen LogP contribution in [0.3, 0.4) is 0 Å². The topological polar surface area (TPSA) is 64.7 Å². The van der Waals surface area contributed by atoms with Crippen molar-refractivity contribution in [3.8, 4) is 39.7 Å². The minimum atomic E-state index is -4.77. The molecule has 1 aromatic heterocycles. The van der Waals surface area contributed by atoms with Crippen molar-refractivity contribution in [2.24, 2.45) is 0 Å². The summed E-state index contributed by atoms with van der Waals surface area (Å²) < 4.78 is 69.5. The van der Waals surface area contributed by atoms with Gasteiger partial charge in [0.2, 0.25) is 0 Å². The van der Waals surface area contributed by atoms with Gasteiger partial charge in [-0.15, -0.1) is 0 Å². The first-order chi connectivity index (χ1) is 15.8. The van der Waals surface area contributed by atoms with Crippen LogP contribution in [0.4, 0.5) is 17.6 Å². The van der Waals surface area contributed by atoms with Gasteiger partial charge in [-0.1, -0.05) is 29.4 Å². The van der Waals surface area contributed by atoms with Gasteiger partial charge < -0.3 is 19.1 Å². The number of phenols is 1. The number of aromatic hydroxyl groups is 1. The number of phenolic OH excluding ortho intramolecular Hbond substituents is 1. The summed E-state index contributed by atoms with van der Waals surface area (Å²) in [6.07, 6.45) is -4.77. The third kappa shape index (κ3) is 4.77. The first-order valence-electron chi connectivity index (χ1n) is 9.68. The molecule has 0 saturated heterocycles. The number of aromatic nitrogens is 1. The Morgan fingerprint density at radius 1 is 0.939 bits per heavy atom. The van der Waals surface area contributed by atoms with Gasteiger partial charge in [-0.2, -0.15) is 13.2 Å². The van der Waals surface area contributed by atoms with E-state index in [1.807, 2.05) is 0 Å². The quantitative estimate of drug-likeness (QED) is 0.335. The van der Waals surface area contributed by atoms with Gasteiger partial charge in [0.25, 0.3) is 0 Å². The molecular weight excluding hydrogens is 442 g/mol. The molecule has 0 radical (unpaired) electrons. The lowest BCUT2D eigenvalue weighted by atomic mass is 9.98. The minimum absolute atomic E-state index is 0.0120. The normalized spacial score (nSPS) is 11.4. The van der Waals surface area contributed by atoms with Crippen molar-refractivity contribution in [1.29, 1.82) is 0 Å². The van der Waals surface area contributed by atoms with Crippen molar-refractivity contribution in [2.75, 3.05) is 7.11 Å². The van der Waals surface area contributed by atoms with E-state index < -0.39 is 11.9 Å². The minimum Gasteiger partial charge on any atom is -0.507 e. The highest BCUT2D eigenvalue weighted by Crippen LogP contribution is 2.45. The average Bonchev–Trinajstić information content (AvgIpc) is 3.24. The van der Waals surface area contributed by atoms with E-state index in [1.54, 1.807) is 12.1 Å². The highest BCUT2D eigenvalue weighted by Gasteiger charge is 2.40. The molecule has 0 fully saturated rings. The average molecular weight is 459 g/mol. The van der Waals surface area contributed by atoms with E-state index in [0.29, 0.717) is 11.3 Å². The molecule has 0 atom stereocenters. The Bertz CT molecular complexity index is 1250. The second-order valence-electron chi connectivity index (χ2n) is 7.06. The zero-order valence-electron chi connectivity index (χ0n) is 17.2. The van der Waals surface area contributed by atoms with Gasteiger partial charge in [-0.05, 0) is 47.5 Å². The second kappa shape index (κ2) is 8.85. The van der Waals surface area contributed by atoms with Gasteiger partial charge in [0.15, 0.2) is 11.5 Å². The van der Waals surface area contributed by atoms with Gasteiger partial charge in [0.1, 0.15) is 29.7 Å². The first kappa shape index (κ1) is 22.2. The molecular formula is C24H17F4NO4. The number of halogens is 4. The highest BCUT2D eigenvalue weighted by atomic mass is 19.4. The number of rotatable bonds is 6. The SMILES string of the molecule is COc1ccc(-c2c(C(F)(F)F)noc2-c2ccc(OCc3ccc(F)cc3)cc2O)cc1. The van der Waals surface area contributed by atoms with E-state index in [9.17, 15) is 22.7 Å². The smallest absolute Gasteiger partial charge is 0.437 e. The fourth-order valence-corrected chi connectivity index (χ4v) is 3.23. The number of nitrogens with zero attached hydrogens (tertiary/aromatic N) is 1. The molecule has 4 aromatic rings. The van der Waals surface area contributed by atoms with E-state index in [0.717, 1.165) is 0 Å². The Hall–Kier alpha value is -4.01. The summed E-state index contributed by atoms with van der Waals surface area (Å²) in [6.45, 7) is 0.108. The fraction of sp³-hybridized carbons (Fsp3) is 0.125. The maximum Gasteiger partial charge on any atom is 0.437 e. The lowest BCUT2D eigenvalue weighted by Crippen LogP contribution is -2.07. The van der Waals surface area contributed by atoms with Crippen LogP contribution in [0.5, 0.6) is 17.2 Å². The number of methoxy groups -OCH3 is 1. The molecule has 0 bridgehead atoms. The third-order valence-corrected chi connectivity index (χ3v) is 4.87. The molecule has 4 rings (SSSR count). The van der Waals surface area contributed by atoms with Gasteiger partial charge >= 0.3 is 6.18 Å². The predicted molar refractivity (Wildman–Crippen MR) is 111 cm³/mol. The molecule has 33 heavy (non-hydrogen) atoms. The predicted octanol–water partition coefficient (Wildman–Crippen LogP) is 6.46. The summed E-state index contributed by atoms with van der Waals surface area (Å²) in [5.41, 5.74) is -0.612. The van der Waals surface area contributed by atoms with Gasteiger partial charge in [-0.3, -0.25) is 0 Å². The molecule has 0 spiro atoms. The van der Waals surface area contributed by atoms with Crippen molar-refractivity contribution < 1.29 is 36.7 Å². The summed E-state index contributed by atoms with van der Waals surface area (Å²) in [4.78, 5) is 0. The Morgan fingerprint density at radius 2 is 1.61 bits per heavy atom. The molecule has 170 valence electrons. The number of hydrogen-bond acceptors (Lipinski definition) is 5. The Balaban J connectivity index is 1.68. The van der Waals surface area contributed by atoms with Crippen LogP contribution in [-0.4, -0.2) is 17.4 Å². The van der Waals surface area contributed by atoms with Crippen LogP contribution in [0.2, 0.25) is 0 Å². The van der Waals surface area contributed by atoms with E-state index >= 15 is 0 Å². The number of hydrogen-bond donors (Lipinski definition) is 1. The Kier molecular flexibility index (Phi) is 5.95. The van der Waals surface area contributed by atoms with E-state index in [1.165, 1.54) is 61.7 Å². The zero-order chi connectivity index (χ0) is 23.6. The van der Waals surface area contributed by atoms with Crippen molar-refractivity contribution >= 4 is 0 Å². The van der Waals surface area contributed by atoms with Crippen LogP contribution in [0.25, 0.3) is 22.5 Å². The van der Waals surface area contributed by atoms with Crippen molar-refractivity contribution in [3.63, 3.8) is 0 Å². The van der Waals surface area contributed by atoms with Crippen LogP contribution < -0.4 is 9.47 Å². The molecule has 0 amide bonds. The summed E-state index contributed by atoms with van der Waals surface area (Å²) in [5, 5.41) is 13.8. The van der Waals surface area contributed by atoms with Crippen LogP contribution in [0.15, 0.2) is 71.3 Å². The maximum absolute atomic E-state index is 13.6. The molecule has 0 unspecified atom stereocenters. The lowest BCUT2D eigenvalue weighted by Gasteiger charge is -2.11. The molecule has 0 aliphatic carbocycles. The summed E-state index contributed by atoms with van der Waals surface area (Å²) >= 11 is 0. The zero-order valence-corrected chi connectivity index (χ0v) is 17.2. The second-order valence-corrected chi connectivity index (χ2v) is 7.06. The van der Waals surface area contributed by atoms with Gasteiger partial charge in [0, 0.05) is 6.07 Å². The largest absolute Gasteiger partial charge is 0.507 e. The number of alkyl halides is 3. The fourth-order valence-electron chi connectivity index (χ4n) is 3.23. The third-order valence-electron chi connectivity index (χ3n) is 4.87. The molecule has 5 nitrogen and oxygen atoms in total. The highest BCUT2D eigenvalue weighted by molar-refractivity contribution is 5.84. The molecule has 0 saturated carbocycles. The van der Waals surface area contributed by atoms with Crippen molar-refractivity contribution in [2.45, 2.75) is 12.8 Å². The van der Waals surface area contributed by atoms with Crippen molar-refractivity contribution in [3.05, 3.63) is 83.8 Å². The summed E-state index contributed by atoms with van der Waals surface area (Å²) in [5.74, 6) is -0.238. The summed E-state index contributed by atoms with van der Waals surface area (Å²) in [6, 6.07) is 15.7. The molecule has 1 heterocycles. The number of ether oxygens (including phenoxy) is 2. The van der Waals surface area contributed by atoms with Crippen LogP contribution in [0, 0.1) is 5.82 Å². The van der Waals surface area contributed by atoms with Crippen LogP contribution >= 0.6 is 0 Å². The molecule has 0 aliphatic rings. The molecule has 0 aliphatic heterocycles. The standard InChI is InChI=1S/C24H17F4NO4/c1-31-17-8-4-15(5-9-17)21-22(33-29-23(21)24(26,27)28)19-11-10-18(12-20(19)30)32-13-14-2-6-16(25)7-3-14/h2-12,30H,13H2,1H3. The molecule has 3 aromatic carbocycles. The Labute approximate surface area is 185 Å². The summed E-state index contributed by atoms with van der Waals surface area (Å²) in [7, 11) is 1.44. The first-order valence-corrected chi connectivity index (χ1v) is 9.68. The van der Waals surface area contributed by atoms with Crippen LogP contribution in [0.1, 0.15) is 11.3 Å². The van der Waals surface area contributed by atoms with E-state index in [2.05, 4.69) is 5.16 Å². The Morgan fingerprint density at radius 3 is 2.21 bits per heavy atom. The van der Waals surface area contributed by atoms with Crippen LogP contribution in [-0.2, 0) is 12.8 Å². The monoisotopic (exact) mass is 459 g/mol. The molecule has 9 heteroatoms. The van der Waals surface area contributed by atoms with Gasteiger partial charge in [0.05, 0.1) is 18.2 Å².